The minimum Gasteiger partial charge on any atom is -0.373 e. The molecule has 1 fully saturated rings. The molecule has 17 heavy (non-hydrogen) atoms. The third-order valence-electron chi connectivity index (χ3n) is 3.12. The first-order valence-corrected chi connectivity index (χ1v) is 6.53. The Balaban J connectivity index is 2.02. The van der Waals surface area contributed by atoms with E-state index >= 15 is 0 Å². The van der Waals surface area contributed by atoms with E-state index < -0.39 is 0 Å². The van der Waals surface area contributed by atoms with E-state index in [0.717, 1.165) is 29.8 Å². The monoisotopic (exact) mass is 234 g/mol. The molecule has 0 radical (unpaired) electrons. The van der Waals surface area contributed by atoms with Crippen molar-refractivity contribution in [1.29, 1.82) is 0 Å². The predicted molar refractivity (Wildman–Crippen MR) is 71.4 cm³/mol. The number of rotatable bonds is 6. The SMILES string of the molecule is CCc1nc(NC)cc(NC(C)CC2CC2)n1. The molecule has 0 aliphatic heterocycles. The van der Waals surface area contributed by atoms with Crippen molar-refractivity contribution < 1.29 is 0 Å². The molecule has 1 heterocycles. The summed E-state index contributed by atoms with van der Waals surface area (Å²) in [7, 11) is 1.89. The van der Waals surface area contributed by atoms with Crippen LogP contribution in [0.2, 0.25) is 0 Å². The Kier molecular flexibility index (Phi) is 3.82. The van der Waals surface area contributed by atoms with Gasteiger partial charge < -0.3 is 10.6 Å². The van der Waals surface area contributed by atoms with Gasteiger partial charge in [-0.25, -0.2) is 9.97 Å². The highest BCUT2D eigenvalue weighted by Crippen LogP contribution is 2.34. The number of aryl methyl sites for hydroxylation is 1. The van der Waals surface area contributed by atoms with Gasteiger partial charge in [-0.2, -0.15) is 0 Å². The van der Waals surface area contributed by atoms with E-state index in [0.29, 0.717) is 6.04 Å². The van der Waals surface area contributed by atoms with Crippen molar-refractivity contribution in [3.05, 3.63) is 11.9 Å². The van der Waals surface area contributed by atoms with Crippen molar-refractivity contribution in [2.75, 3.05) is 17.7 Å². The van der Waals surface area contributed by atoms with Crippen molar-refractivity contribution >= 4 is 11.6 Å². The normalized spacial score (nSPS) is 16.6. The summed E-state index contributed by atoms with van der Waals surface area (Å²) in [6.45, 7) is 4.30. The van der Waals surface area contributed by atoms with Gasteiger partial charge in [0.1, 0.15) is 17.5 Å². The molecule has 1 aliphatic rings. The standard InChI is InChI=1S/C13H22N4/c1-4-11-16-12(14-3)8-13(17-11)15-9(2)7-10-5-6-10/h8-10H,4-7H2,1-3H3,(H2,14,15,16,17). The first kappa shape index (κ1) is 12.1. The quantitative estimate of drug-likeness (QED) is 0.794. The maximum atomic E-state index is 4.51. The molecule has 1 atom stereocenters. The lowest BCUT2D eigenvalue weighted by Crippen LogP contribution is -2.17. The Hall–Kier alpha value is -1.32. The Morgan fingerprint density at radius 2 is 2.06 bits per heavy atom. The van der Waals surface area contributed by atoms with Gasteiger partial charge in [0.25, 0.3) is 0 Å². The summed E-state index contributed by atoms with van der Waals surface area (Å²) in [4.78, 5) is 8.89. The average molecular weight is 234 g/mol. The second kappa shape index (κ2) is 5.34. The lowest BCUT2D eigenvalue weighted by Gasteiger charge is -2.15. The first-order valence-electron chi connectivity index (χ1n) is 6.53. The van der Waals surface area contributed by atoms with Crippen LogP contribution in [0.25, 0.3) is 0 Å². The van der Waals surface area contributed by atoms with Gasteiger partial charge in [-0.15, -0.1) is 0 Å². The van der Waals surface area contributed by atoms with Crippen LogP contribution in [0, 0.1) is 5.92 Å². The largest absolute Gasteiger partial charge is 0.373 e. The molecule has 1 aliphatic carbocycles. The first-order chi connectivity index (χ1) is 8.21. The van der Waals surface area contributed by atoms with Gasteiger partial charge >= 0.3 is 0 Å². The van der Waals surface area contributed by atoms with E-state index in [9.17, 15) is 0 Å². The van der Waals surface area contributed by atoms with Crippen molar-refractivity contribution in [2.45, 2.75) is 45.6 Å². The molecule has 4 nitrogen and oxygen atoms in total. The molecule has 4 heteroatoms. The lowest BCUT2D eigenvalue weighted by atomic mass is 10.1. The summed E-state index contributed by atoms with van der Waals surface area (Å²) in [5.41, 5.74) is 0. The molecule has 0 amide bonds. The molecule has 0 bridgehead atoms. The van der Waals surface area contributed by atoms with Gasteiger partial charge in [0.15, 0.2) is 0 Å². The van der Waals surface area contributed by atoms with Crippen molar-refractivity contribution in [1.82, 2.24) is 9.97 Å². The highest BCUT2D eigenvalue weighted by Gasteiger charge is 2.23. The van der Waals surface area contributed by atoms with Gasteiger partial charge in [-0.1, -0.05) is 19.8 Å². The fourth-order valence-corrected chi connectivity index (χ4v) is 2.02. The van der Waals surface area contributed by atoms with E-state index in [1.807, 2.05) is 13.1 Å². The fraction of sp³-hybridized carbons (Fsp3) is 0.692. The van der Waals surface area contributed by atoms with E-state index in [2.05, 4.69) is 34.4 Å². The summed E-state index contributed by atoms with van der Waals surface area (Å²) in [6.07, 6.45) is 4.91. The molecule has 1 aromatic heterocycles. The zero-order chi connectivity index (χ0) is 12.3. The van der Waals surface area contributed by atoms with Crippen LogP contribution in [0.15, 0.2) is 6.07 Å². The van der Waals surface area contributed by atoms with Crippen LogP contribution in [0.5, 0.6) is 0 Å². The third-order valence-corrected chi connectivity index (χ3v) is 3.12. The van der Waals surface area contributed by atoms with Crippen LogP contribution in [0.3, 0.4) is 0 Å². The number of anilines is 2. The van der Waals surface area contributed by atoms with Gasteiger partial charge in [0, 0.05) is 25.6 Å². The Labute approximate surface area is 103 Å². The van der Waals surface area contributed by atoms with Crippen molar-refractivity contribution in [3.8, 4) is 0 Å². The van der Waals surface area contributed by atoms with Crippen LogP contribution in [0.1, 0.15) is 38.9 Å². The topological polar surface area (TPSA) is 49.8 Å². The molecule has 2 N–H and O–H groups in total. The summed E-state index contributed by atoms with van der Waals surface area (Å²) in [5, 5.41) is 6.55. The lowest BCUT2D eigenvalue weighted by molar-refractivity contribution is 0.639. The van der Waals surface area contributed by atoms with Crippen LogP contribution in [-0.4, -0.2) is 23.1 Å². The number of nitrogens with one attached hydrogen (secondary N) is 2. The average Bonchev–Trinajstić information content (AvgIpc) is 3.12. The molecule has 1 saturated carbocycles. The fourth-order valence-electron chi connectivity index (χ4n) is 2.02. The molecule has 0 aromatic carbocycles. The molecule has 0 spiro atoms. The molecular weight excluding hydrogens is 212 g/mol. The van der Waals surface area contributed by atoms with Gasteiger partial charge in [0.05, 0.1) is 0 Å². The minimum atomic E-state index is 0.492. The predicted octanol–water partition coefficient (Wildman–Crippen LogP) is 2.68. The Bertz CT molecular complexity index is 351. The summed E-state index contributed by atoms with van der Waals surface area (Å²) in [6, 6.07) is 2.47. The summed E-state index contributed by atoms with van der Waals surface area (Å²) in [5.74, 6) is 3.65. The van der Waals surface area contributed by atoms with Crippen LogP contribution >= 0.6 is 0 Å². The highest BCUT2D eigenvalue weighted by atomic mass is 15.1. The van der Waals surface area contributed by atoms with Gasteiger partial charge in [0.2, 0.25) is 0 Å². The molecule has 1 unspecified atom stereocenters. The van der Waals surface area contributed by atoms with Crippen molar-refractivity contribution in [2.24, 2.45) is 5.92 Å². The second-order valence-corrected chi connectivity index (χ2v) is 4.88. The van der Waals surface area contributed by atoms with Crippen LogP contribution in [0.4, 0.5) is 11.6 Å². The van der Waals surface area contributed by atoms with Gasteiger partial charge in [-0.3, -0.25) is 0 Å². The maximum absolute atomic E-state index is 4.51. The second-order valence-electron chi connectivity index (χ2n) is 4.88. The zero-order valence-electron chi connectivity index (χ0n) is 11.0. The third kappa shape index (κ3) is 3.58. The zero-order valence-corrected chi connectivity index (χ0v) is 11.0. The van der Waals surface area contributed by atoms with Crippen LogP contribution < -0.4 is 10.6 Å². The number of aromatic nitrogens is 2. The molecule has 1 aromatic rings. The maximum Gasteiger partial charge on any atom is 0.132 e. The number of hydrogen-bond donors (Lipinski definition) is 2. The van der Waals surface area contributed by atoms with Crippen LogP contribution in [-0.2, 0) is 6.42 Å². The Morgan fingerprint density at radius 1 is 1.35 bits per heavy atom. The number of nitrogens with zero attached hydrogens (tertiary/aromatic N) is 2. The number of hydrogen-bond acceptors (Lipinski definition) is 4. The molecule has 94 valence electrons. The summed E-state index contributed by atoms with van der Waals surface area (Å²) < 4.78 is 0. The molecule has 2 rings (SSSR count). The van der Waals surface area contributed by atoms with E-state index in [4.69, 9.17) is 0 Å². The molecule has 0 saturated heterocycles. The highest BCUT2D eigenvalue weighted by molar-refractivity contribution is 5.47. The van der Waals surface area contributed by atoms with Crippen molar-refractivity contribution in [3.63, 3.8) is 0 Å². The van der Waals surface area contributed by atoms with E-state index in [1.165, 1.54) is 19.3 Å². The summed E-state index contributed by atoms with van der Waals surface area (Å²) >= 11 is 0. The molecular formula is C13H22N4. The van der Waals surface area contributed by atoms with E-state index in [-0.39, 0.29) is 0 Å². The van der Waals surface area contributed by atoms with Gasteiger partial charge in [-0.05, 0) is 19.3 Å². The smallest absolute Gasteiger partial charge is 0.132 e. The minimum absolute atomic E-state index is 0.492. The Morgan fingerprint density at radius 3 is 2.65 bits per heavy atom. The van der Waals surface area contributed by atoms with E-state index in [1.54, 1.807) is 0 Å².